The number of ether oxygens (including phenoxy) is 2. The number of amides is 1. The topological polar surface area (TPSA) is 90.2 Å². The van der Waals surface area contributed by atoms with E-state index in [0.29, 0.717) is 31.9 Å². The highest BCUT2D eigenvalue weighted by atomic mass is 32.1. The van der Waals surface area contributed by atoms with Crippen LogP contribution in [0.15, 0.2) is 22.7 Å². The Balaban J connectivity index is 1.83. The molecule has 3 heterocycles. The van der Waals surface area contributed by atoms with Gasteiger partial charge >= 0.3 is 6.09 Å². The molecule has 1 N–H and O–H groups in total. The van der Waals surface area contributed by atoms with Crippen molar-refractivity contribution >= 4 is 54.6 Å². The minimum absolute atomic E-state index is 0.200. The quantitative estimate of drug-likeness (QED) is 0.256. The molecule has 2 aromatic rings. The summed E-state index contributed by atoms with van der Waals surface area (Å²) in [5, 5.41) is 14.3. The van der Waals surface area contributed by atoms with Gasteiger partial charge in [-0.3, -0.25) is 15.2 Å². The summed E-state index contributed by atoms with van der Waals surface area (Å²) in [5.41, 5.74) is 5.64. The molecule has 1 unspecified atom stereocenters. The van der Waals surface area contributed by atoms with E-state index in [4.69, 9.17) is 14.5 Å². The number of carbonyl (C=O) groups excluding carboxylic acids is 1. The maximum absolute atomic E-state index is 15.6. The van der Waals surface area contributed by atoms with E-state index < -0.39 is 17.5 Å². The molecule has 236 valence electrons. The van der Waals surface area contributed by atoms with Gasteiger partial charge in [-0.05, 0) is 87.3 Å². The van der Waals surface area contributed by atoms with E-state index in [2.05, 4.69) is 43.5 Å². The van der Waals surface area contributed by atoms with E-state index in [1.807, 2.05) is 20.1 Å². The Morgan fingerprint density at radius 2 is 1.93 bits per heavy atom. The smallest absolute Gasteiger partial charge is 0.412 e. The number of rotatable bonds is 8. The van der Waals surface area contributed by atoms with Crippen LogP contribution in [0.5, 0.6) is 0 Å². The molecule has 4 rings (SSSR count). The number of carbonyl (C=O) groups is 1. The van der Waals surface area contributed by atoms with E-state index in [1.165, 1.54) is 6.08 Å². The van der Waals surface area contributed by atoms with Gasteiger partial charge in [0.25, 0.3) is 0 Å². The third kappa shape index (κ3) is 7.64. The summed E-state index contributed by atoms with van der Waals surface area (Å²) < 4.78 is 27.0. The first-order chi connectivity index (χ1) is 20.9. The van der Waals surface area contributed by atoms with Gasteiger partial charge in [-0.2, -0.15) is 5.26 Å². The van der Waals surface area contributed by atoms with Crippen molar-refractivity contribution in [1.29, 1.82) is 5.26 Å². The number of hydrogen-bond donors (Lipinski definition) is 1. The van der Waals surface area contributed by atoms with Crippen LogP contribution in [0, 0.1) is 11.3 Å². The summed E-state index contributed by atoms with van der Waals surface area (Å²) in [4.78, 5) is 22.5. The number of likely N-dealkylation sites (N-methyl/N-ethyl adjacent to an activating group) is 1. The van der Waals surface area contributed by atoms with Crippen LogP contribution in [0.3, 0.4) is 0 Å². The van der Waals surface area contributed by atoms with Crippen LogP contribution in [-0.4, -0.2) is 67.6 Å². The van der Waals surface area contributed by atoms with Crippen LogP contribution in [-0.2, 0) is 22.7 Å². The summed E-state index contributed by atoms with van der Waals surface area (Å²) in [7, 11) is 4.97. The number of aliphatic imine (C=N–C) groups is 1. The number of nitriles is 1. The lowest BCUT2D eigenvalue weighted by atomic mass is 9.85. The number of hydrogen-bond acceptors (Lipinski definition) is 8. The average Bonchev–Trinajstić information content (AvgIpc) is 3.59. The number of nitrogens with one attached hydrogen (secondary N) is 1. The fourth-order valence-corrected chi connectivity index (χ4v) is 6.96. The van der Waals surface area contributed by atoms with E-state index in [-0.39, 0.29) is 15.4 Å². The third-order valence-corrected chi connectivity index (χ3v) is 9.35. The molecule has 2 aliphatic heterocycles. The van der Waals surface area contributed by atoms with Crippen molar-refractivity contribution < 1.29 is 18.7 Å². The second-order valence-corrected chi connectivity index (χ2v) is 13.8. The zero-order valence-electron chi connectivity index (χ0n) is 26.8. The Hall–Kier alpha value is -2.93. The number of benzene rings is 1. The monoisotopic (exact) mass is 639 g/mol. The Morgan fingerprint density at radius 1 is 1.25 bits per heavy atom. The highest BCUT2D eigenvalue weighted by Crippen LogP contribution is 2.46. The van der Waals surface area contributed by atoms with E-state index in [1.54, 1.807) is 27.7 Å². The summed E-state index contributed by atoms with van der Waals surface area (Å²) in [6.07, 6.45) is 3.28. The predicted octanol–water partition coefficient (Wildman–Crippen LogP) is 6.68. The largest absolute Gasteiger partial charge is 0.444 e. The van der Waals surface area contributed by atoms with E-state index in [0.717, 1.165) is 76.2 Å². The zero-order valence-corrected chi connectivity index (χ0v) is 28.7. The van der Waals surface area contributed by atoms with Crippen molar-refractivity contribution in [3.8, 4) is 6.07 Å². The fraction of sp³-hybridized carbons (Fsp3) is 0.485. The van der Waals surface area contributed by atoms with Gasteiger partial charge in [0.15, 0.2) is 0 Å². The number of nitrogens with zero attached hydrogens (tertiary/aromatic N) is 4. The molecule has 1 fully saturated rings. The molecule has 0 aliphatic carbocycles. The van der Waals surface area contributed by atoms with E-state index in [9.17, 15) is 10.1 Å². The minimum Gasteiger partial charge on any atom is -0.444 e. The average molecular weight is 640 g/mol. The van der Waals surface area contributed by atoms with Gasteiger partial charge in [0.05, 0.1) is 30.3 Å². The number of anilines is 1. The van der Waals surface area contributed by atoms with Gasteiger partial charge in [-0.25, -0.2) is 9.18 Å². The van der Waals surface area contributed by atoms with Crippen LogP contribution >= 0.6 is 20.6 Å². The fourth-order valence-electron chi connectivity index (χ4n) is 5.35. The second kappa shape index (κ2) is 14.4. The van der Waals surface area contributed by atoms with Crippen molar-refractivity contribution in [3.05, 3.63) is 56.0 Å². The first-order valence-corrected chi connectivity index (χ1v) is 16.3. The van der Waals surface area contributed by atoms with Crippen molar-refractivity contribution in [2.45, 2.75) is 66.8 Å². The van der Waals surface area contributed by atoms with Gasteiger partial charge < -0.3 is 14.4 Å². The molecule has 1 saturated heterocycles. The molecule has 1 amide bonds. The van der Waals surface area contributed by atoms with Crippen molar-refractivity contribution in [2.75, 3.05) is 45.2 Å². The third-order valence-electron chi connectivity index (χ3n) is 7.78. The van der Waals surface area contributed by atoms with E-state index >= 15 is 4.39 Å². The summed E-state index contributed by atoms with van der Waals surface area (Å²) in [6, 6.07) is 4.34. The molecule has 1 aromatic carbocycles. The SMILES string of the molecule is C/C=C(/F)c1sc(NC(=O)OC(C)(C)C)c(C#N)c1/C(=C(\C)CC)c1c(P)cc(/C=N\CN2CCN(C)CC2)c2c1COC2. The van der Waals surface area contributed by atoms with Crippen LogP contribution in [0.4, 0.5) is 14.2 Å². The molecule has 2 aliphatic rings. The highest BCUT2D eigenvalue weighted by Gasteiger charge is 2.31. The van der Waals surface area contributed by atoms with Gasteiger partial charge in [-0.15, -0.1) is 20.6 Å². The summed E-state index contributed by atoms with van der Waals surface area (Å²) in [5.74, 6) is -0.467. The molecule has 1 atom stereocenters. The van der Waals surface area contributed by atoms with Crippen molar-refractivity contribution in [3.63, 3.8) is 0 Å². The molecule has 0 radical (unpaired) electrons. The molecule has 0 bridgehead atoms. The Labute approximate surface area is 266 Å². The van der Waals surface area contributed by atoms with Crippen molar-refractivity contribution in [1.82, 2.24) is 9.80 Å². The molecule has 0 saturated carbocycles. The lowest BCUT2D eigenvalue weighted by Gasteiger charge is -2.31. The van der Waals surface area contributed by atoms with Gasteiger partial charge in [0.1, 0.15) is 22.5 Å². The summed E-state index contributed by atoms with van der Waals surface area (Å²) >= 11 is 1.04. The molecule has 0 spiro atoms. The maximum atomic E-state index is 15.6. The van der Waals surface area contributed by atoms with Gasteiger partial charge in [-0.1, -0.05) is 18.6 Å². The Bertz CT molecular complexity index is 1540. The van der Waals surface area contributed by atoms with Crippen LogP contribution in [0.2, 0.25) is 0 Å². The first kappa shape index (κ1) is 34.0. The predicted molar refractivity (Wildman–Crippen MR) is 181 cm³/mol. The Morgan fingerprint density at radius 3 is 2.55 bits per heavy atom. The standard InChI is InChI=1S/C33H43FN5O3PS/c1-8-20(3)27(29-22(15-35)31(44-30(29)25(34)9-2)37-32(40)42-33(4,5)6)28-24-18-41-17-23(24)21(14-26(28)43)16-36-19-39-12-10-38(7)11-13-39/h9,14,16H,8,10-13,17-19,43H2,1-7H3,(H,37,40)/b25-9+,27-20+,36-16-. The Kier molecular flexibility index (Phi) is 11.1. The van der Waals surface area contributed by atoms with Crippen LogP contribution in [0.25, 0.3) is 11.4 Å². The van der Waals surface area contributed by atoms with Gasteiger partial charge in [0.2, 0.25) is 0 Å². The lowest BCUT2D eigenvalue weighted by Crippen LogP contribution is -2.44. The first-order valence-electron chi connectivity index (χ1n) is 14.9. The van der Waals surface area contributed by atoms with Crippen LogP contribution in [0.1, 0.15) is 86.2 Å². The lowest BCUT2D eigenvalue weighted by molar-refractivity contribution is 0.0636. The molecular weight excluding hydrogens is 596 g/mol. The number of piperazine rings is 1. The van der Waals surface area contributed by atoms with Crippen LogP contribution < -0.4 is 10.6 Å². The van der Waals surface area contributed by atoms with Gasteiger partial charge in [0, 0.05) is 38.0 Å². The number of fused-ring (bicyclic) bond motifs is 1. The molecule has 1 aromatic heterocycles. The molecule has 11 heteroatoms. The number of halogens is 1. The molecule has 44 heavy (non-hydrogen) atoms. The zero-order chi connectivity index (χ0) is 32.2. The van der Waals surface area contributed by atoms with Crippen molar-refractivity contribution in [2.24, 2.45) is 4.99 Å². The highest BCUT2D eigenvalue weighted by molar-refractivity contribution is 7.27. The normalized spacial score (nSPS) is 17.0. The summed E-state index contributed by atoms with van der Waals surface area (Å²) in [6.45, 7) is 16.5. The second-order valence-electron chi connectivity index (χ2n) is 12.1. The number of thiophene rings is 1. The maximum Gasteiger partial charge on any atom is 0.412 e. The number of allylic oxidation sites excluding steroid dienone is 2. The minimum atomic E-state index is -0.733. The molecule has 8 nitrogen and oxygen atoms in total. The molecular formula is C33H43FN5O3PS.